The zero-order chi connectivity index (χ0) is 26.1. The van der Waals surface area contributed by atoms with Crippen molar-refractivity contribution in [1.29, 1.82) is 0 Å². The van der Waals surface area contributed by atoms with E-state index in [0.717, 1.165) is 23.8 Å². The summed E-state index contributed by atoms with van der Waals surface area (Å²) in [5, 5.41) is -1.02. The summed E-state index contributed by atoms with van der Waals surface area (Å²) in [5.41, 5.74) is 4.76. The van der Waals surface area contributed by atoms with Crippen molar-refractivity contribution >= 4 is 27.3 Å². The van der Waals surface area contributed by atoms with Crippen LogP contribution in [0.15, 0.2) is 46.5 Å². The number of hydrogen-bond acceptors (Lipinski definition) is 4. The highest BCUT2D eigenvalue weighted by atomic mass is 32.2. The summed E-state index contributed by atoms with van der Waals surface area (Å²) >= 11 is 0. The molecule has 8 heteroatoms. The lowest BCUT2D eigenvalue weighted by molar-refractivity contribution is -0.122. The number of rotatable bonds is 6. The van der Waals surface area contributed by atoms with Gasteiger partial charge in [-0.1, -0.05) is 51.3 Å². The van der Waals surface area contributed by atoms with E-state index in [9.17, 15) is 17.8 Å². The van der Waals surface area contributed by atoms with Crippen molar-refractivity contribution in [3.63, 3.8) is 0 Å². The van der Waals surface area contributed by atoms with Crippen LogP contribution in [0.3, 0.4) is 0 Å². The van der Waals surface area contributed by atoms with Gasteiger partial charge in [0.25, 0.3) is 0 Å². The first-order valence-corrected chi connectivity index (χ1v) is 12.7. The van der Waals surface area contributed by atoms with E-state index < -0.39 is 37.5 Å². The lowest BCUT2D eigenvalue weighted by Crippen LogP contribution is -2.57. The van der Waals surface area contributed by atoms with Gasteiger partial charge in [-0.3, -0.25) is 9.10 Å². The second-order valence-corrected chi connectivity index (χ2v) is 12.0. The fraction of sp³-hybridized carbons (Fsp3) is 0.423. The molecule has 5 nitrogen and oxygen atoms in total. The fourth-order valence-electron chi connectivity index (χ4n) is 3.88. The number of halogens is 2. The van der Waals surface area contributed by atoms with Crippen LogP contribution in [-0.4, -0.2) is 38.4 Å². The molecule has 0 spiro atoms. The standard InChI is InChI=1S/C26H33F2N3O2S/c1-9-18(23(32)25(4,5)6)12-11-17(3)15-22-26(10-2,20-16-19(27)13-14-21(20)28)30-24(29)31(7)34(22,8)33/h2,11-14,16,22H,8-9,15H2,1,3-7H3,(H2,29,30)/b17-11+,18-12+/t22-,26-,34?/m1/s1. The second kappa shape index (κ2) is 9.75. The number of carbonyl (C=O) groups excluding carboxylic acids is 1. The predicted molar refractivity (Wildman–Crippen MR) is 137 cm³/mol. The third-order valence-corrected chi connectivity index (χ3v) is 8.49. The highest BCUT2D eigenvalue weighted by Crippen LogP contribution is 2.42. The molecule has 34 heavy (non-hydrogen) atoms. The van der Waals surface area contributed by atoms with Crippen LogP contribution in [0.2, 0.25) is 0 Å². The van der Waals surface area contributed by atoms with Crippen LogP contribution >= 0.6 is 0 Å². The van der Waals surface area contributed by atoms with Crippen molar-refractivity contribution in [1.82, 2.24) is 4.31 Å². The summed E-state index contributed by atoms with van der Waals surface area (Å²) in [5.74, 6) is 4.68. The lowest BCUT2D eigenvalue weighted by atomic mass is 9.83. The molecule has 0 bridgehead atoms. The van der Waals surface area contributed by atoms with Crippen LogP contribution in [-0.2, 0) is 20.0 Å². The molecule has 1 aromatic rings. The summed E-state index contributed by atoms with van der Waals surface area (Å²) < 4.78 is 44.1. The first kappa shape index (κ1) is 27.3. The van der Waals surface area contributed by atoms with Crippen molar-refractivity contribution in [2.45, 2.75) is 58.2 Å². The number of Topliss-reactive ketones (excluding diaryl/α,β-unsaturated/α-hetero) is 1. The molecule has 0 aromatic heterocycles. The molecule has 1 aromatic carbocycles. The maximum atomic E-state index is 14.9. The molecule has 2 N–H and O–H groups in total. The van der Waals surface area contributed by atoms with Crippen LogP contribution in [0.4, 0.5) is 8.78 Å². The van der Waals surface area contributed by atoms with E-state index in [1.165, 1.54) is 11.4 Å². The number of carbonyl (C=O) groups is 1. The smallest absolute Gasteiger partial charge is 0.204 e. The Balaban J connectivity index is 2.67. The summed E-state index contributed by atoms with van der Waals surface area (Å²) in [4.78, 5) is 17.0. The Labute approximate surface area is 202 Å². The van der Waals surface area contributed by atoms with E-state index in [1.807, 2.05) is 27.7 Å². The molecule has 0 saturated carbocycles. The van der Waals surface area contributed by atoms with E-state index >= 15 is 0 Å². The zero-order valence-electron chi connectivity index (χ0n) is 20.6. The van der Waals surface area contributed by atoms with Crippen LogP contribution in [0.25, 0.3) is 0 Å². The quantitative estimate of drug-likeness (QED) is 0.280. The van der Waals surface area contributed by atoms with Crippen LogP contribution in [0, 0.1) is 29.4 Å². The number of nitrogens with two attached hydrogens (primary N) is 1. The molecule has 3 atom stereocenters. The van der Waals surface area contributed by atoms with Gasteiger partial charge in [-0.2, -0.15) is 0 Å². The molecule has 0 saturated heterocycles. The average Bonchev–Trinajstić information content (AvgIpc) is 2.75. The first-order chi connectivity index (χ1) is 15.6. The van der Waals surface area contributed by atoms with E-state index in [2.05, 4.69) is 16.8 Å². The first-order valence-electron chi connectivity index (χ1n) is 10.9. The SMILES string of the molecule is C#C[C@]1(c2cc(F)ccc2F)N=C(N)N(C)S(=C)(=O)[C@@H]1C/C(C)=C/C=C(\CC)C(=O)C(C)(C)C. The van der Waals surface area contributed by atoms with Crippen molar-refractivity contribution in [3.05, 3.63) is 58.7 Å². The van der Waals surface area contributed by atoms with Gasteiger partial charge >= 0.3 is 0 Å². The molecular weight excluding hydrogens is 456 g/mol. The minimum atomic E-state index is -3.21. The highest BCUT2D eigenvalue weighted by molar-refractivity contribution is 7.99. The van der Waals surface area contributed by atoms with E-state index in [4.69, 9.17) is 12.2 Å². The third kappa shape index (κ3) is 5.10. The Hall–Kier alpha value is -2.92. The third-order valence-electron chi connectivity index (χ3n) is 5.98. The van der Waals surface area contributed by atoms with Gasteiger partial charge in [0, 0.05) is 18.0 Å². The van der Waals surface area contributed by atoms with Gasteiger partial charge in [-0.05, 0) is 49.4 Å². The van der Waals surface area contributed by atoms with Crippen molar-refractivity contribution in [2.24, 2.45) is 16.1 Å². The number of guanidine groups is 1. The Bertz CT molecular complexity index is 1220. The Morgan fingerprint density at radius 3 is 2.53 bits per heavy atom. The van der Waals surface area contributed by atoms with Crippen molar-refractivity contribution < 1.29 is 17.8 Å². The van der Waals surface area contributed by atoms with Gasteiger partial charge in [0.1, 0.15) is 11.6 Å². The van der Waals surface area contributed by atoms with Crippen molar-refractivity contribution in [2.75, 3.05) is 7.05 Å². The monoisotopic (exact) mass is 489 g/mol. The minimum Gasteiger partial charge on any atom is -0.369 e. The fourth-order valence-corrected chi connectivity index (χ4v) is 5.93. The average molecular weight is 490 g/mol. The Morgan fingerprint density at radius 1 is 1.38 bits per heavy atom. The number of hydrogen-bond donors (Lipinski definition) is 1. The molecule has 0 aliphatic carbocycles. The second-order valence-electron chi connectivity index (χ2n) is 9.52. The molecule has 0 radical (unpaired) electrons. The molecule has 1 heterocycles. The molecule has 184 valence electrons. The number of aliphatic imine (C=N–C) groups is 1. The van der Waals surface area contributed by atoms with Gasteiger partial charge in [0.05, 0.1) is 15.0 Å². The number of allylic oxidation sites excluding steroid dienone is 4. The molecule has 1 aliphatic heterocycles. The molecule has 1 aliphatic rings. The van der Waals surface area contributed by atoms with Gasteiger partial charge in [-0.15, -0.1) is 6.42 Å². The molecule has 1 unspecified atom stereocenters. The molecule has 0 amide bonds. The summed E-state index contributed by atoms with van der Waals surface area (Å²) in [7, 11) is -1.74. The van der Waals surface area contributed by atoms with Crippen LogP contribution < -0.4 is 5.73 Å². The summed E-state index contributed by atoms with van der Waals surface area (Å²) in [6, 6.07) is 2.87. The topological polar surface area (TPSA) is 75.8 Å². The molecule has 0 fully saturated rings. The predicted octanol–water partition coefficient (Wildman–Crippen LogP) is 4.34. The number of ketones is 1. The number of nitrogens with zero attached hydrogens (tertiary/aromatic N) is 2. The van der Waals surface area contributed by atoms with Crippen molar-refractivity contribution in [3.8, 4) is 12.3 Å². The Morgan fingerprint density at radius 2 is 2.00 bits per heavy atom. The van der Waals surface area contributed by atoms with E-state index in [0.29, 0.717) is 12.0 Å². The maximum Gasteiger partial charge on any atom is 0.204 e. The van der Waals surface area contributed by atoms with Gasteiger partial charge < -0.3 is 5.73 Å². The van der Waals surface area contributed by atoms with Gasteiger partial charge in [0.15, 0.2) is 11.3 Å². The van der Waals surface area contributed by atoms with E-state index in [1.54, 1.807) is 19.1 Å². The molecular formula is C26H33F2N3O2S. The van der Waals surface area contributed by atoms with Gasteiger partial charge in [-0.25, -0.2) is 18.0 Å². The summed E-state index contributed by atoms with van der Waals surface area (Å²) in [6.07, 6.45) is 9.99. The Kier molecular flexibility index (Phi) is 7.84. The van der Waals surface area contributed by atoms with Crippen LogP contribution in [0.5, 0.6) is 0 Å². The van der Waals surface area contributed by atoms with Gasteiger partial charge in [0.2, 0.25) is 5.96 Å². The van der Waals surface area contributed by atoms with Crippen LogP contribution in [0.1, 0.15) is 53.0 Å². The highest BCUT2D eigenvalue weighted by Gasteiger charge is 2.50. The van der Waals surface area contributed by atoms with E-state index in [-0.39, 0.29) is 23.7 Å². The largest absolute Gasteiger partial charge is 0.369 e. The molecule has 2 rings (SSSR count). The zero-order valence-corrected chi connectivity index (χ0v) is 21.4. The summed E-state index contributed by atoms with van der Waals surface area (Å²) in [6.45, 7) is 9.23. The number of benzene rings is 1. The minimum absolute atomic E-state index is 0.0228. The lowest BCUT2D eigenvalue weighted by Gasteiger charge is -2.43. The maximum absolute atomic E-state index is 14.9. The normalized spacial score (nSPS) is 26.1. The number of terminal acetylenes is 1.